The van der Waals surface area contributed by atoms with Gasteiger partial charge in [0.2, 0.25) is 11.9 Å². The number of anilines is 2. The fourth-order valence-electron chi connectivity index (χ4n) is 4.15. The second kappa shape index (κ2) is 9.73. The molecule has 2 aromatic heterocycles. The van der Waals surface area contributed by atoms with E-state index in [1.807, 2.05) is 18.2 Å². The third-order valence-electron chi connectivity index (χ3n) is 5.69. The Morgan fingerprint density at radius 2 is 1.91 bits per heavy atom. The van der Waals surface area contributed by atoms with Crippen molar-refractivity contribution < 1.29 is 19.4 Å². The van der Waals surface area contributed by atoms with Crippen LogP contribution in [0.2, 0.25) is 0 Å². The van der Waals surface area contributed by atoms with Crippen molar-refractivity contribution in [3.63, 3.8) is 0 Å². The zero-order valence-electron chi connectivity index (χ0n) is 17.8. The molecule has 2 amide bonds. The Labute approximate surface area is 185 Å². The van der Waals surface area contributed by atoms with Gasteiger partial charge >= 0.3 is 6.09 Å². The number of aliphatic hydroxyl groups is 1. The molecule has 0 saturated heterocycles. The van der Waals surface area contributed by atoms with Gasteiger partial charge in [0.1, 0.15) is 6.10 Å². The smallest absolute Gasteiger partial charge is 0.416 e. The van der Waals surface area contributed by atoms with E-state index >= 15 is 0 Å². The molecule has 2 N–H and O–H groups in total. The Hall–Kier alpha value is -3.53. The van der Waals surface area contributed by atoms with Crippen molar-refractivity contribution in [1.29, 1.82) is 0 Å². The van der Waals surface area contributed by atoms with Gasteiger partial charge in [-0.2, -0.15) is 5.10 Å². The zero-order valence-corrected chi connectivity index (χ0v) is 17.8. The molecule has 0 atom stereocenters. The van der Waals surface area contributed by atoms with Gasteiger partial charge in [0.25, 0.3) is 0 Å². The largest absolute Gasteiger partial charge is 0.446 e. The first-order valence-electron chi connectivity index (χ1n) is 10.7. The number of nitrogens with zero attached hydrogens (tertiary/aromatic N) is 5. The third kappa shape index (κ3) is 4.54. The molecule has 168 valence electrons. The molecule has 0 radical (unpaired) electrons. The van der Waals surface area contributed by atoms with E-state index in [0.717, 1.165) is 34.3 Å². The first kappa shape index (κ1) is 21.7. The van der Waals surface area contributed by atoms with Crippen LogP contribution < -0.4 is 4.90 Å². The lowest BCUT2D eigenvalue weighted by Crippen LogP contribution is -2.42. The van der Waals surface area contributed by atoms with Crippen LogP contribution in [-0.4, -0.2) is 67.5 Å². The summed E-state index contributed by atoms with van der Waals surface area (Å²) < 4.78 is 5.55. The number of fused-ring (bicyclic) bond motifs is 1. The number of hydrogen-bond acceptors (Lipinski definition) is 8. The lowest BCUT2D eigenvalue weighted by Gasteiger charge is -2.37. The summed E-state index contributed by atoms with van der Waals surface area (Å²) in [6, 6.07) is 7.86. The van der Waals surface area contributed by atoms with E-state index in [1.54, 1.807) is 24.7 Å². The van der Waals surface area contributed by atoms with Crippen molar-refractivity contribution in [3.05, 3.63) is 42.9 Å². The molecule has 1 aromatic carbocycles. The molecule has 0 bridgehead atoms. The number of hydrogen-bond donors (Lipinski definition) is 2. The summed E-state index contributed by atoms with van der Waals surface area (Å²) in [6.07, 6.45) is 7.04. The molecule has 0 spiro atoms. The van der Waals surface area contributed by atoms with Crippen LogP contribution in [0.5, 0.6) is 0 Å². The molecule has 10 nitrogen and oxygen atoms in total. The first-order chi connectivity index (χ1) is 15.6. The maximum absolute atomic E-state index is 12.3. The number of ether oxygens (including phenoxy) is 1. The maximum Gasteiger partial charge on any atom is 0.416 e. The van der Waals surface area contributed by atoms with Gasteiger partial charge < -0.3 is 14.7 Å². The monoisotopic (exact) mass is 438 g/mol. The van der Waals surface area contributed by atoms with E-state index in [2.05, 4.69) is 25.1 Å². The lowest BCUT2D eigenvalue weighted by molar-refractivity contribution is -0.128. The van der Waals surface area contributed by atoms with Crippen LogP contribution in [0, 0.1) is 0 Å². The highest BCUT2D eigenvalue weighted by Crippen LogP contribution is 2.36. The van der Waals surface area contributed by atoms with Crippen LogP contribution in [0.15, 0.2) is 42.9 Å². The highest BCUT2D eigenvalue weighted by molar-refractivity contribution is 5.93. The van der Waals surface area contributed by atoms with E-state index in [-0.39, 0.29) is 25.3 Å². The molecule has 3 aromatic rings. The van der Waals surface area contributed by atoms with Gasteiger partial charge in [0.05, 0.1) is 30.6 Å². The van der Waals surface area contributed by atoms with Crippen molar-refractivity contribution in [3.8, 4) is 0 Å². The molecular formula is C22H26N6O4. The molecule has 1 aliphatic carbocycles. The van der Waals surface area contributed by atoms with E-state index in [1.165, 1.54) is 6.92 Å². The topological polar surface area (TPSA) is 125 Å². The van der Waals surface area contributed by atoms with Crippen LogP contribution in [0.25, 0.3) is 10.9 Å². The summed E-state index contributed by atoms with van der Waals surface area (Å²) in [5, 5.41) is 17.2. The maximum atomic E-state index is 12.3. The normalized spacial score (nSPS) is 18.3. The van der Waals surface area contributed by atoms with E-state index in [0.29, 0.717) is 18.8 Å². The highest BCUT2D eigenvalue weighted by Gasteiger charge is 2.32. The zero-order chi connectivity index (χ0) is 22.5. The van der Waals surface area contributed by atoms with Gasteiger partial charge in [0.15, 0.2) is 0 Å². The van der Waals surface area contributed by atoms with Crippen LogP contribution in [0.3, 0.4) is 0 Å². The first-order valence-corrected chi connectivity index (χ1v) is 10.7. The van der Waals surface area contributed by atoms with Crippen molar-refractivity contribution in [2.45, 2.75) is 44.8 Å². The Kier molecular flexibility index (Phi) is 6.60. The SMILES string of the molecule is CC(=O)N(CCO)C(=O)OC1CCC(N(c2ncccn2)c2cccc3[nH]ncc23)CC1. The summed E-state index contributed by atoms with van der Waals surface area (Å²) in [5.74, 6) is 0.158. The minimum Gasteiger partial charge on any atom is -0.446 e. The van der Waals surface area contributed by atoms with Gasteiger partial charge in [-0.25, -0.2) is 19.7 Å². The molecule has 1 saturated carbocycles. The minimum atomic E-state index is -0.707. The van der Waals surface area contributed by atoms with Gasteiger partial charge in [-0.1, -0.05) is 6.07 Å². The Bertz CT molecular complexity index is 1060. The van der Waals surface area contributed by atoms with E-state index in [4.69, 9.17) is 9.84 Å². The second-order valence-electron chi connectivity index (χ2n) is 7.74. The Morgan fingerprint density at radius 3 is 2.59 bits per heavy atom. The van der Waals surface area contributed by atoms with Crippen molar-refractivity contribution in [2.24, 2.45) is 0 Å². The molecule has 10 heteroatoms. The van der Waals surface area contributed by atoms with E-state index in [9.17, 15) is 9.59 Å². The van der Waals surface area contributed by atoms with Gasteiger partial charge in [0, 0.05) is 30.7 Å². The average molecular weight is 438 g/mol. The van der Waals surface area contributed by atoms with Crippen molar-refractivity contribution in [1.82, 2.24) is 25.1 Å². The number of benzene rings is 1. The predicted octanol–water partition coefficient (Wildman–Crippen LogP) is 2.78. The summed E-state index contributed by atoms with van der Waals surface area (Å²) in [5.41, 5.74) is 1.90. The van der Waals surface area contributed by atoms with Crippen molar-refractivity contribution in [2.75, 3.05) is 18.1 Å². The number of amides is 2. The predicted molar refractivity (Wildman–Crippen MR) is 117 cm³/mol. The van der Waals surface area contributed by atoms with E-state index < -0.39 is 12.0 Å². The fraction of sp³-hybridized carbons (Fsp3) is 0.409. The molecule has 1 aliphatic rings. The Morgan fingerprint density at radius 1 is 1.16 bits per heavy atom. The number of carbonyl (C=O) groups excluding carboxylic acids is 2. The highest BCUT2D eigenvalue weighted by atomic mass is 16.6. The molecule has 4 rings (SSSR count). The molecule has 0 aliphatic heterocycles. The second-order valence-corrected chi connectivity index (χ2v) is 7.74. The summed E-state index contributed by atoms with van der Waals surface area (Å²) in [6.45, 7) is 0.909. The molecule has 2 heterocycles. The van der Waals surface area contributed by atoms with Crippen LogP contribution in [0.1, 0.15) is 32.6 Å². The summed E-state index contributed by atoms with van der Waals surface area (Å²) >= 11 is 0. The van der Waals surface area contributed by atoms with Gasteiger partial charge in [-0.05, 0) is 43.9 Å². The van der Waals surface area contributed by atoms with Crippen LogP contribution in [-0.2, 0) is 9.53 Å². The molecule has 32 heavy (non-hydrogen) atoms. The average Bonchev–Trinajstić information content (AvgIpc) is 3.29. The van der Waals surface area contributed by atoms with Gasteiger partial charge in [-0.15, -0.1) is 0 Å². The number of rotatable bonds is 6. The number of aromatic amines is 1. The quantitative estimate of drug-likeness (QED) is 0.602. The summed E-state index contributed by atoms with van der Waals surface area (Å²) in [7, 11) is 0. The van der Waals surface area contributed by atoms with Crippen molar-refractivity contribution >= 4 is 34.5 Å². The number of imide groups is 1. The Balaban J connectivity index is 1.51. The summed E-state index contributed by atoms with van der Waals surface area (Å²) in [4.78, 5) is 36.0. The standard InChI is InChI=1S/C22H26N6O4/c1-15(30)27(12-13-29)22(31)32-17-8-6-16(7-9-17)28(21-23-10-3-11-24-21)20-5-2-4-19-18(20)14-25-26-19/h2-5,10-11,14,16-17,29H,6-9,12-13H2,1H3,(H,25,26). The lowest BCUT2D eigenvalue weighted by atomic mass is 9.91. The third-order valence-corrected chi connectivity index (χ3v) is 5.69. The molecule has 0 unspecified atom stereocenters. The molecular weight excluding hydrogens is 412 g/mol. The van der Waals surface area contributed by atoms with Gasteiger partial charge in [-0.3, -0.25) is 9.89 Å². The van der Waals surface area contributed by atoms with Crippen LogP contribution >= 0.6 is 0 Å². The fourth-order valence-corrected chi connectivity index (χ4v) is 4.15. The number of H-pyrrole nitrogens is 1. The molecule has 1 fully saturated rings. The van der Waals surface area contributed by atoms with Crippen LogP contribution in [0.4, 0.5) is 16.4 Å². The number of carbonyl (C=O) groups is 2. The number of nitrogens with one attached hydrogen (secondary N) is 1. The minimum absolute atomic E-state index is 0.0721. The number of aromatic nitrogens is 4. The number of aliphatic hydroxyl groups excluding tert-OH is 1.